The minimum atomic E-state index is 0. The number of halogens is 1. The van der Waals surface area contributed by atoms with Gasteiger partial charge in [0, 0.05) is 13.1 Å². The monoisotopic (exact) mass is 285 g/mol. The maximum atomic E-state index is 8.70. The van der Waals surface area contributed by atoms with E-state index in [1.807, 2.05) is 25.1 Å². The van der Waals surface area contributed by atoms with Gasteiger partial charge in [-0.15, -0.1) is 18.8 Å². The smallest absolute Gasteiger partial charge is 0.162 e. The fourth-order valence-electron chi connectivity index (χ4n) is 1.48. The summed E-state index contributed by atoms with van der Waals surface area (Å²) >= 11 is 0. The van der Waals surface area contributed by atoms with Crippen molar-refractivity contribution in [3.05, 3.63) is 23.8 Å². The molecule has 0 radical (unpaired) electrons. The van der Waals surface area contributed by atoms with Crippen molar-refractivity contribution in [2.45, 2.75) is 13.5 Å². The molecule has 0 unspecified atom stereocenters. The second-order valence-electron chi connectivity index (χ2n) is 3.61. The van der Waals surface area contributed by atoms with Gasteiger partial charge in [0.05, 0.1) is 13.2 Å². The van der Waals surface area contributed by atoms with Crippen molar-refractivity contribution < 1.29 is 14.6 Å². The molecule has 0 saturated carbocycles. The Labute approximate surface area is 120 Å². The first-order valence-electron chi connectivity index (χ1n) is 5.95. The lowest BCUT2D eigenvalue weighted by Gasteiger charge is -2.12. The molecule has 0 aliphatic heterocycles. The van der Waals surface area contributed by atoms with E-state index in [2.05, 4.69) is 11.2 Å². The summed E-state index contributed by atoms with van der Waals surface area (Å²) in [6.45, 7) is 4.08. The Morgan fingerprint density at radius 2 is 2.11 bits per heavy atom. The number of ether oxygens (including phenoxy) is 2. The van der Waals surface area contributed by atoms with Crippen LogP contribution in [0, 0.1) is 12.3 Å². The van der Waals surface area contributed by atoms with Gasteiger partial charge in [-0.25, -0.2) is 0 Å². The van der Waals surface area contributed by atoms with E-state index in [4.69, 9.17) is 21.0 Å². The van der Waals surface area contributed by atoms with Crippen LogP contribution in [0.1, 0.15) is 12.5 Å². The Kier molecular flexibility index (Phi) is 9.73. The number of aliphatic hydroxyl groups excluding tert-OH is 1. The third kappa shape index (κ3) is 6.35. The number of terminal acetylenes is 1. The van der Waals surface area contributed by atoms with Crippen molar-refractivity contribution in [3.63, 3.8) is 0 Å². The van der Waals surface area contributed by atoms with Crippen LogP contribution in [0.5, 0.6) is 11.5 Å². The first-order chi connectivity index (χ1) is 8.81. The Morgan fingerprint density at radius 3 is 2.74 bits per heavy atom. The molecular weight excluding hydrogens is 266 g/mol. The van der Waals surface area contributed by atoms with Crippen LogP contribution in [0.3, 0.4) is 0 Å². The summed E-state index contributed by atoms with van der Waals surface area (Å²) in [5.74, 6) is 3.77. The molecule has 19 heavy (non-hydrogen) atoms. The summed E-state index contributed by atoms with van der Waals surface area (Å²) in [4.78, 5) is 0. The average molecular weight is 286 g/mol. The maximum absolute atomic E-state index is 8.70. The lowest BCUT2D eigenvalue weighted by atomic mass is 10.2. The van der Waals surface area contributed by atoms with E-state index in [1.54, 1.807) is 0 Å². The molecule has 4 nitrogen and oxygen atoms in total. The number of hydrogen-bond acceptors (Lipinski definition) is 4. The van der Waals surface area contributed by atoms with Crippen molar-refractivity contribution in [2.75, 3.05) is 26.4 Å². The third-order valence-electron chi connectivity index (χ3n) is 2.24. The predicted octanol–water partition coefficient (Wildman–Crippen LogP) is 1.60. The van der Waals surface area contributed by atoms with Crippen LogP contribution in [0.2, 0.25) is 0 Å². The zero-order valence-electron chi connectivity index (χ0n) is 11.0. The molecule has 1 aromatic carbocycles. The van der Waals surface area contributed by atoms with Crippen LogP contribution < -0.4 is 14.8 Å². The lowest BCUT2D eigenvalue weighted by molar-refractivity contribution is 0.291. The number of hydrogen-bond donors (Lipinski definition) is 2. The van der Waals surface area contributed by atoms with Gasteiger partial charge in [0.1, 0.15) is 6.61 Å². The topological polar surface area (TPSA) is 50.7 Å². The minimum Gasteiger partial charge on any atom is -0.490 e. The molecule has 106 valence electrons. The number of rotatable bonds is 8. The van der Waals surface area contributed by atoms with Gasteiger partial charge in [0.2, 0.25) is 0 Å². The fraction of sp³-hybridized carbons (Fsp3) is 0.429. The van der Waals surface area contributed by atoms with Gasteiger partial charge in [0.15, 0.2) is 11.5 Å². The first kappa shape index (κ1) is 17.6. The molecule has 0 fully saturated rings. The average Bonchev–Trinajstić information content (AvgIpc) is 2.38. The highest BCUT2D eigenvalue weighted by Gasteiger charge is 2.06. The fourth-order valence-corrected chi connectivity index (χ4v) is 1.48. The van der Waals surface area contributed by atoms with Gasteiger partial charge >= 0.3 is 0 Å². The zero-order valence-corrected chi connectivity index (χ0v) is 11.8. The predicted molar refractivity (Wildman–Crippen MR) is 78.0 cm³/mol. The van der Waals surface area contributed by atoms with E-state index in [1.165, 1.54) is 0 Å². The second-order valence-corrected chi connectivity index (χ2v) is 3.61. The molecule has 2 N–H and O–H groups in total. The van der Waals surface area contributed by atoms with Gasteiger partial charge in [-0.3, -0.25) is 0 Å². The maximum Gasteiger partial charge on any atom is 0.162 e. The summed E-state index contributed by atoms with van der Waals surface area (Å²) in [6.07, 6.45) is 5.16. The quantitative estimate of drug-likeness (QED) is 0.563. The summed E-state index contributed by atoms with van der Waals surface area (Å²) in [6, 6.07) is 5.71. The van der Waals surface area contributed by atoms with Crippen molar-refractivity contribution in [2.24, 2.45) is 0 Å². The second kappa shape index (κ2) is 10.5. The molecule has 0 spiro atoms. The molecule has 0 amide bonds. The van der Waals surface area contributed by atoms with E-state index in [0.717, 1.165) is 5.56 Å². The van der Waals surface area contributed by atoms with Crippen LogP contribution in [0.15, 0.2) is 18.2 Å². The molecule has 0 heterocycles. The Balaban J connectivity index is 0.00000324. The van der Waals surface area contributed by atoms with Gasteiger partial charge in [-0.1, -0.05) is 12.0 Å². The van der Waals surface area contributed by atoms with Crippen LogP contribution >= 0.6 is 12.4 Å². The molecule has 1 rings (SSSR count). The van der Waals surface area contributed by atoms with Gasteiger partial charge in [-0.2, -0.15) is 0 Å². The normalized spacial score (nSPS) is 9.32. The number of nitrogens with one attached hydrogen (secondary N) is 1. The number of aliphatic hydroxyl groups is 1. The first-order valence-corrected chi connectivity index (χ1v) is 5.95. The van der Waals surface area contributed by atoms with Gasteiger partial charge < -0.3 is 19.9 Å². The van der Waals surface area contributed by atoms with Crippen LogP contribution in [0.25, 0.3) is 0 Å². The largest absolute Gasteiger partial charge is 0.490 e. The third-order valence-corrected chi connectivity index (χ3v) is 2.24. The SMILES string of the molecule is C#CCOc1ccc(CNCCO)cc1OCC.Cl. The molecule has 0 aromatic heterocycles. The highest BCUT2D eigenvalue weighted by atomic mass is 35.5. The van der Waals surface area contributed by atoms with Crippen molar-refractivity contribution in [1.29, 1.82) is 0 Å². The molecule has 0 atom stereocenters. The van der Waals surface area contributed by atoms with E-state index < -0.39 is 0 Å². The molecule has 1 aromatic rings. The molecule has 5 heteroatoms. The molecule has 0 aliphatic rings. The molecular formula is C14H20ClNO3. The van der Waals surface area contributed by atoms with Crippen LogP contribution in [0.4, 0.5) is 0 Å². The van der Waals surface area contributed by atoms with Gasteiger partial charge in [0.25, 0.3) is 0 Å². The Bertz CT molecular complexity index is 404. The Morgan fingerprint density at radius 1 is 1.32 bits per heavy atom. The van der Waals surface area contributed by atoms with Gasteiger partial charge in [-0.05, 0) is 24.6 Å². The summed E-state index contributed by atoms with van der Waals surface area (Å²) in [5, 5.41) is 11.8. The summed E-state index contributed by atoms with van der Waals surface area (Å²) in [5.41, 5.74) is 1.07. The van der Waals surface area contributed by atoms with E-state index >= 15 is 0 Å². The highest BCUT2D eigenvalue weighted by molar-refractivity contribution is 5.85. The highest BCUT2D eigenvalue weighted by Crippen LogP contribution is 2.28. The van der Waals surface area contributed by atoms with E-state index in [-0.39, 0.29) is 25.6 Å². The number of benzene rings is 1. The standard InChI is InChI=1S/C14H19NO3.ClH/c1-3-9-18-13-6-5-12(11-15-7-8-16)10-14(13)17-4-2;/h1,5-6,10,15-16H,4,7-9,11H2,2H3;1H. The molecule has 0 saturated heterocycles. The summed E-state index contributed by atoms with van der Waals surface area (Å²) in [7, 11) is 0. The van der Waals surface area contributed by atoms with Crippen molar-refractivity contribution in [1.82, 2.24) is 5.32 Å². The van der Waals surface area contributed by atoms with Crippen LogP contribution in [-0.2, 0) is 6.54 Å². The Hall–Kier alpha value is -1.41. The van der Waals surface area contributed by atoms with Crippen molar-refractivity contribution >= 4 is 12.4 Å². The van der Waals surface area contributed by atoms with Crippen molar-refractivity contribution in [3.8, 4) is 23.8 Å². The van der Waals surface area contributed by atoms with E-state index in [9.17, 15) is 0 Å². The van der Waals surface area contributed by atoms with Crippen LogP contribution in [-0.4, -0.2) is 31.5 Å². The minimum absolute atomic E-state index is 0. The zero-order chi connectivity index (χ0) is 13.2. The molecule has 0 bridgehead atoms. The summed E-state index contributed by atoms with van der Waals surface area (Å²) < 4.78 is 10.9. The lowest BCUT2D eigenvalue weighted by Crippen LogP contribution is -2.17. The molecule has 0 aliphatic carbocycles. The van der Waals surface area contributed by atoms with E-state index in [0.29, 0.717) is 31.2 Å².